The zero-order valence-electron chi connectivity index (χ0n) is 16.3. The average Bonchev–Trinajstić information content (AvgIpc) is 3.03. The van der Waals surface area contributed by atoms with Crippen LogP contribution in [0.4, 0.5) is 11.4 Å². The van der Waals surface area contributed by atoms with Crippen LogP contribution < -0.4 is 5.32 Å². The molecule has 13 heteroatoms. The summed E-state index contributed by atoms with van der Waals surface area (Å²) in [5.74, 6) is -1.26. The molecule has 0 spiro atoms. The number of nitrogens with one attached hydrogen (secondary N) is 1. The van der Waals surface area contributed by atoms with E-state index in [1.54, 1.807) is 0 Å². The van der Waals surface area contributed by atoms with Gasteiger partial charge in [0.2, 0.25) is 15.9 Å². The first-order chi connectivity index (χ1) is 14.2. The second-order valence-corrected chi connectivity index (χ2v) is 9.99. The Hall–Kier alpha value is -2.12. The minimum atomic E-state index is -3.72. The molecule has 4 rings (SSSR count). The molecule has 3 heterocycles. The number of sulfonamides is 1. The number of nitro groups is 1. The van der Waals surface area contributed by atoms with Gasteiger partial charge < -0.3 is 10.2 Å². The molecule has 1 unspecified atom stereocenters. The highest BCUT2D eigenvalue weighted by Crippen LogP contribution is 2.41. The van der Waals surface area contributed by atoms with Crippen molar-refractivity contribution in [3.8, 4) is 0 Å². The van der Waals surface area contributed by atoms with Crippen molar-refractivity contribution in [1.82, 2.24) is 14.2 Å². The minimum absolute atomic E-state index is 0. The molecule has 31 heavy (non-hydrogen) atoms. The van der Waals surface area contributed by atoms with E-state index in [1.165, 1.54) is 34.8 Å². The molecule has 2 aromatic rings. The highest BCUT2D eigenvalue weighted by Gasteiger charge is 2.36. The molecule has 0 saturated carbocycles. The summed E-state index contributed by atoms with van der Waals surface area (Å²) in [6.45, 7) is 2.06. The van der Waals surface area contributed by atoms with Gasteiger partial charge in [0.25, 0.3) is 5.69 Å². The van der Waals surface area contributed by atoms with Gasteiger partial charge in [0.1, 0.15) is 10.8 Å². The number of carbonyl (C=O) groups is 1. The molecule has 1 aromatic heterocycles. The maximum atomic E-state index is 13.0. The third kappa shape index (κ3) is 4.30. The summed E-state index contributed by atoms with van der Waals surface area (Å²) in [7, 11) is -1.78. The molecular formula is C18H19BrClN5O5S. The van der Waals surface area contributed by atoms with Crippen molar-refractivity contribution in [2.75, 3.05) is 38.5 Å². The van der Waals surface area contributed by atoms with Crippen molar-refractivity contribution in [2.24, 2.45) is 0 Å². The van der Waals surface area contributed by atoms with Crippen molar-refractivity contribution in [3.05, 3.63) is 56.3 Å². The van der Waals surface area contributed by atoms with E-state index in [4.69, 9.17) is 0 Å². The van der Waals surface area contributed by atoms with E-state index in [0.29, 0.717) is 47.6 Å². The first-order valence-electron chi connectivity index (χ1n) is 9.12. The number of fused-ring (bicyclic) bond motifs is 1. The van der Waals surface area contributed by atoms with E-state index in [0.717, 1.165) is 0 Å². The first-order valence-corrected chi connectivity index (χ1v) is 11.3. The van der Waals surface area contributed by atoms with Gasteiger partial charge in [-0.2, -0.15) is 4.31 Å². The van der Waals surface area contributed by atoms with Crippen LogP contribution >= 0.6 is 28.3 Å². The molecule has 0 aliphatic carbocycles. The third-order valence-corrected chi connectivity index (χ3v) is 7.79. The molecule has 0 radical (unpaired) electrons. The van der Waals surface area contributed by atoms with Crippen molar-refractivity contribution in [2.45, 2.75) is 10.8 Å². The molecule has 166 valence electrons. The number of halogens is 2. The molecule has 0 bridgehead atoms. The molecule has 1 N–H and O–H groups in total. The molecule has 1 aromatic carbocycles. The lowest BCUT2D eigenvalue weighted by atomic mass is 9.96. The Morgan fingerprint density at radius 2 is 1.90 bits per heavy atom. The fourth-order valence-electron chi connectivity index (χ4n) is 3.60. The number of pyridine rings is 1. The van der Waals surface area contributed by atoms with Crippen molar-refractivity contribution >= 4 is 55.6 Å². The molecule has 1 amide bonds. The number of anilines is 1. The number of aromatic nitrogens is 1. The number of hydrogen-bond acceptors (Lipinski definition) is 7. The number of benzene rings is 1. The number of amides is 1. The summed E-state index contributed by atoms with van der Waals surface area (Å²) in [5, 5.41) is 13.8. The van der Waals surface area contributed by atoms with Gasteiger partial charge in [-0.25, -0.2) is 8.42 Å². The Balaban J connectivity index is 0.00000272. The van der Waals surface area contributed by atoms with Gasteiger partial charge >= 0.3 is 0 Å². The lowest BCUT2D eigenvalue weighted by Crippen LogP contribution is -2.47. The van der Waals surface area contributed by atoms with E-state index in [-0.39, 0.29) is 28.9 Å². The Morgan fingerprint density at radius 3 is 2.52 bits per heavy atom. The maximum absolute atomic E-state index is 13.0. The lowest BCUT2D eigenvalue weighted by molar-refractivity contribution is -0.384. The van der Waals surface area contributed by atoms with Gasteiger partial charge in [0, 0.05) is 60.2 Å². The van der Waals surface area contributed by atoms with Crippen molar-refractivity contribution in [1.29, 1.82) is 0 Å². The minimum Gasteiger partial charge on any atom is -0.325 e. The second kappa shape index (κ2) is 8.79. The predicted molar refractivity (Wildman–Crippen MR) is 119 cm³/mol. The molecule has 2 aliphatic rings. The SMILES string of the molecule is CN1CCN(S(=O)(=O)c2cnc(C3C(=O)Nc4ccc([N+](=O)[O-])cc43)c(Br)c2)CC1.Cl. The highest BCUT2D eigenvalue weighted by molar-refractivity contribution is 9.10. The van der Waals surface area contributed by atoms with Crippen LogP contribution in [0.5, 0.6) is 0 Å². The largest absolute Gasteiger partial charge is 0.325 e. The predicted octanol–water partition coefficient (Wildman–Crippen LogP) is 2.19. The van der Waals surface area contributed by atoms with Crippen LogP contribution in [0.25, 0.3) is 0 Å². The zero-order valence-corrected chi connectivity index (χ0v) is 19.5. The normalized spacial score (nSPS) is 19.4. The second-order valence-electron chi connectivity index (χ2n) is 7.20. The van der Waals surface area contributed by atoms with Crippen molar-refractivity contribution < 1.29 is 18.1 Å². The Bertz CT molecular complexity index is 1150. The fourth-order valence-corrected chi connectivity index (χ4v) is 5.72. The summed E-state index contributed by atoms with van der Waals surface area (Å²) in [5.41, 5.74) is 1.06. The van der Waals surface area contributed by atoms with Crippen molar-refractivity contribution in [3.63, 3.8) is 0 Å². The Labute approximate surface area is 193 Å². The first kappa shape index (κ1) is 23.5. The quantitative estimate of drug-likeness (QED) is 0.472. The average molecular weight is 533 g/mol. The fraction of sp³-hybridized carbons (Fsp3) is 0.333. The summed E-state index contributed by atoms with van der Waals surface area (Å²) in [6, 6.07) is 5.56. The summed E-state index contributed by atoms with van der Waals surface area (Å²) in [4.78, 5) is 29.5. The van der Waals surface area contributed by atoms with E-state index >= 15 is 0 Å². The van der Waals surface area contributed by atoms with Crippen LogP contribution in [0.3, 0.4) is 0 Å². The van der Waals surface area contributed by atoms with Crippen LogP contribution in [0.2, 0.25) is 0 Å². The summed E-state index contributed by atoms with van der Waals surface area (Å²) in [6.07, 6.45) is 1.23. The molecule has 1 atom stereocenters. The van der Waals surface area contributed by atoms with Crippen LogP contribution in [-0.2, 0) is 14.8 Å². The standard InChI is InChI=1S/C18H18BrN5O5S.ClH/c1-22-4-6-23(7-5-22)30(28,29)12-9-14(19)17(20-10-12)16-13-8-11(24(26)27)2-3-15(13)21-18(16)25;/h2-3,8-10,16H,4-7H2,1H3,(H,21,25);1H. The van der Waals surface area contributed by atoms with Gasteiger partial charge in [-0.3, -0.25) is 19.9 Å². The number of hydrogen-bond donors (Lipinski definition) is 1. The van der Waals surface area contributed by atoms with E-state index in [9.17, 15) is 23.3 Å². The molecule has 1 saturated heterocycles. The Morgan fingerprint density at radius 1 is 1.23 bits per heavy atom. The van der Waals surface area contributed by atoms with Crippen LogP contribution in [0.1, 0.15) is 17.2 Å². The van der Waals surface area contributed by atoms with E-state index < -0.39 is 20.9 Å². The lowest BCUT2D eigenvalue weighted by Gasteiger charge is -2.31. The monoisotopic (exact) mass is 531 g/mol. The van der Waals surface area contributed by atoms with Crippen LogP contribution in [-0.4, -0.2) is 66.7 Å². The smallest absolute Gasteiger partial charge is 0.269 e. The molecule has 1 fully saturated rings. The summed E-state index contributed by atoms with van der Waals surface area (Å²) >= 11 is 3.34. The van der Waals surface area contributed by atoms with Crippen LogP contribution in [0, 0.1) is 10.1 Å². The number of nitrogens with zero attached hydrogens (tertiary/aromatic N) is 4. The summed E-state index contributed by atoms with van der Waals surface area (Å²) < 4.78 is 27.7. The Kier molecular flexibility index (Phi) is 6.67. The highest BCUT2D eigenvalue weighted by atomic mass is 79.9. The number of non-ortho nitro benzene ring substituents is 1. The van der Waals surface area contributed by atoms with Gasteiger partial charge in [-0.1, -0.05) is 0 Å². The number of piperazine rings is 1. The van der Waals surface area contributed by atoms with Gasteiger partial charge in [-0.05, 0) is 35.1 Å². The zero-order chi connectivity index (χ0) is 21.6. The third-order valence-electron chi connectivity index (χ3n) is 5.30. The number of likely N-dealkylation sites (N-methyl/N-ethyl adjacent to an activating group) is 1. The van der Waals surface area contributed by atoms with Gasteiger partial charge in [-0.15, -0.1) is 12.4 Å². The number of carbonyl (C=O) groups excluding carboxylic acids is 1. The molecule has 2 aliphatic heterocycles. The van der Waals surface area contributed by atoms with E-state index in [1.807, 2.05) is 7.05 Å². The molecular weight excluding hydrogens is 514 g/mol. The van der Waals surface area contributed by atoms with Crippen LogP contribution in [0.15, 0.2) is 39.8 Å². The maximum Gasteiger partial charge on any atom is 0.269 e. The number of nitro benzene ring substituents is 1. The van der Waals surface area contributed by atoms with Gasteiger partial charge in [0.15, 0.2) is 0 Å². The van der Waals surface area contributed by atoms with Gasteiger partial charge in [0.05, 0.1) is 10.6 Å². The topological polar surface area (TPSA) is 126 Å². The number of rotatable bonds is 4. The molecule has 10 nitrogen and oxygen atoms in total. The van der Waals surface area contributed by atoms with E-state index in [2.05, 4.69) is 31.1 Å².